The van der Waals surface area contributed by atoms with E-state index < -0.39 is 0 Å². The summed E-state index contributed by atoms with van der Waals surface area (Å²) in [6.45, 7) is 1.03. The van der Waals surface area contributed by atoms with E-state index in [0.29, 0.717) is 22.5 Å². The Morgan fingerprint density at radius 3 is 2.48 bits per heavy atom. The largest absolute Gasteiger partial charge is 0.495 e. The van der Waals surface area contributed by atoms with Gasteiger partial charge in [0.05, 0.1) is 27.0 Å². The Bertz CT molecular complexity index is 1020. The summed E-state index contributed by atoms with van der Waals surface area (Å²) < 4.78 is 16.3. The van der Waals surface area contributed by atoms with Gasteiger partial charge in [0.25, 0.3) is 0 Å². The number of anilines is 1. The number of nitrogens with one attached hydrogen (secondary N) is 2. The van der Waals surface area contributed by atoms with Gasteiger partial charge in [0.1, 0.15) is 5.75 Å². The van der Waals surface area contributed by atoms with Crippen LogP contribution in [0.1, 0.15) is 31.2 Å². The topological polar surface area (TPSA) is 72.1 Å². The summed E-state index contributed by atoms with van der Waals surface area (Å²) in [5, 5.41) is 6.58. The number of likely N-dealkylation sites (N-methyl/N-ethyl adjacent to an activating group) is 1. The van der Waals surface area contributed by atoms with Crippen molar-refractivity contribution in [3.8, 4) is 17.2 Å². The van der Waals surface area contributed by atoms with Gasteiger partial charge >= 0.3 is 6.03 Å². The monoisotopic (exact) mass is 473 g/mol. The first-order chi connectivity index (χ1) is 15.9. The molecule has 0 radical (unpaired) electrons. The number of hydrogen-bond acceptors (Lipinski definition) is 5. The Morgan fingerprint density at radius 2 is 1.76 bits per heavy atom. The number of fused-ring (bicyclic) bond motifs is 1. The Kier molecular flexibility index (Phi) is 6.91. The molecule has 178 valence electrons. The molecule has 2 amide bonds. The molecule has 3 atom stereocenters. The molecule has 1 saturated heterocycles. The normalized spacial score (nSPS) is 24.6. The highest BCUT2D eigenvalue weighted by Gasteiger charge is 2.50. The molecule has 2 aromatic rings. The third kappa shape index (κ3) is 4.57. The second-order valence-electron chi connectivity index (χ2n) is 8.89. The average molecular weight is 474 g/mol. The maximum absolute atomic E-state index is 12.8. The molecule has 2 aromatic carbocycles. The fraction of sp³-hybridized carbons (Fsp3) is 0.480. The van der Waals surface area contributed by atoms with Gasteiger partial charge in [-0.1, -0.05) is 17.7 Å². The molecule has 1 saturated carbocycles. The minimum atomic E-state index is -0.250. The summed E-state index contributed by atoms with van der Waals surface area (Å²) >= 11 is 6.09. The molecule has 33 heavy (non-hydrogen) atoms. The van der Waals surface area contributed by atoms with Crippen molar-refractivity contribution in [3.05, 3.63) is 47.0 Å². The highest BCUT2D eigenvalue weighted by Crippen LogP contribution is 2.49. The lowest BCUT2D eigenvalue weighted by Gasteiger charge is -2.45. The molecule has 1 heterocycles. The van der Waals surface area contributed by atoms with Gasteiger partial charge in [-0.25, -0.2) is 4.79 Å². The summed E-state index contributed by atoms with van der Waals surface area (Å²) in [4.78, 5) is 15.2. The summed E-state index contributed by atoms with van der Waals surface area (Å²) in [6.07, 6.45) is 3.86. The van der Waals surface area contributed by atoms with Gasteiger partial charge in [-0.15, -0.1) is 0 Å². The highest BCUT2D eigenvalue weighted by molar-refractivity contribution is 6.31. The van der Waals surface area contributed by atoms with E-state index in [0.717, 1.165) is 43.7 Å². The fourth-order valence-corrected chi connectivity index (χ4v) is 5.69. The number of benzene rings is 2. The van der Waals surface area contributed by atoms with Gasteiger partial charge in [0.2, 0.25) is 0 Å². The first kappa shape index (κ1) is 23.5. The number of carbonyl (C=O) groups excluding carboxylic acids is 1. The maximum atomic E-state index is 12.8. The van der Waals surface area contributed by atoms with Crippen molar-refractivity contribution >= 4 is 23.3 Å². The van der Waals surface area contributed by atoms with Crippen molar-refractivity contribution in [3.63, 3.8) is 0 Å². The van der Waals surface area contributed by atoms with Crippen LogP contribution in [0.15, 0.2) is 36.4 Å². The van der Waals surface area contributed by atoms with Gasteiger partial charge in [-0.2, -0.15) is 0 Å². The molecule has 4 rings (SSSR count). The predicted molar refractivity (Wildman–Crippen MR) is 130 cm³/mol. The number of ether oxygens (including phenoxy) is 3. The van der Waals surface area contributed by atoms with Crippen LogP contribution < -0.4 is 24.8 Å². The zero-order chi connectivity index (χ0) is 23.6. The van der Waals surface area contributed by atoms with Crippen LogP contribution in [0.2, 0.25) is 5.02 Å². The van der Waals surface area contributed by atoms with Crippen LogP contribution in [-0.4, -0.2) is 57.9 Å². The van der Waals surface area contributed by atoms with E-state index in [2.05, 4.69) is 34.7 Å². The molecule has 0 unspecified atom stereocenters. The molecular formula is C25H32ClN3O4. The number of rotatable bonds is 6. The van der Waals surface area contributed by atoms with Crippen molar-refractivity contribution in [1.29, 1.82) is 0 Å². The molecule has 2 N–H and O–H groups in total. The van der Waals surface area contributed by atoms with Crippen LogP contribution in [0.4, 0.5) is 10.5 Å². The van der Waals surface area contributed by atoms with Gasteiger partial charge in [0, 0.05) is 22.5 Å². The zero-order valence-corrected chi connectivity index (χ0v) is 20.4. The Hall–Kier alpha value is -2.64. The number of methoxy groups -OCH3 is 3. The third-order valence-corrected chi connectivity index (χ3v) is 7.47. The number of carbonyl (C=O) groups is 1. The molecule has 1 aliphatic heterocycles. The maximum Gasteiger partial charge on any atom is 0.319 e. The van der Waals surface area contributed by atoms with E-state index in [1.165, 1.54) is 5.56 Å². The lowest BCUT2D eigenvalue weighted by molar-refractivity contribution is 0.156. The SMILES string of the molecule is COc1ccc(Cl)cc1NC(=O)N[C@@H]1CC[C@@]2(c3ccc(OC)c(OC)c3)CCN(C)[C@H]2C1. The lowest BCUT2D eigenvalue weighted by atomic mass is 9.65. The summed E-state index contributed by atoms with van der Waals surface area (Å²) in [5.74, 6) is 2.07. The minimum Gasteiger partial charge on any atom is -0.495 e. The van der Waals surface area contributed by atoms with Crippen molar-refractivity contribution in [1.82, 2.24) is 10.2 Å². The average Bonchev–Trinajstić information content (AvgIpc) is 3.15. The van der Waals surface area contributed by atoms with E-state index in [1.807, 2.05) is 6.07 Å². The lowest BCUT2D eigenvalue weighted by Crippen LogP contribution is -2.52. The number of hydrogen-bond donors (Lipinski definition) is 2. The van der Waals surface area contributed by atoms with E-state index in [-0.39, 0.29) is 17.5 Å². The van der Waals surface area contributed by atoms with Crippen molar-refractivity contribution in [2.75, 3.05) is 40.2 Å². The van der Waals surface area contributed by atoms with Gasteiger partial charge in [0.15, 0.2) is 11.5 Å². The van der Waals surface area contributed by atoms with Crippen LogP contribution in [0, 0.1) is 0 Å². The van der Waals surface area contributed by atoms with Crippen LogP contribution >= 0.6 is 11.6 Å². The molecule has 7 nitrogen and oxygen atoms in total. The fourth-order valence-electron chi connectivity index (χ4n) is 5.52. The Labute approximate surface area is 200 Å². The van der Waals surface area contributed by atoms with Crippen molar-refractivity contribution in [2.45, 2.75) is 43.2 Å². The van der Waals surface area contributed by atoms with E-state index in [1.54, 1.807) is 39.5 Å². The number of halogens is 1. The molecule has 1 aliphatic carbocycles. The second-order valence-corrected chi connectivity index (χ2v) is 9.32. The van der Waals surface area contributed by atoms with Crippen LogP contribution in [0.3, 0.4) is 0 Å². The molecule has 0 bridgehead atoms. The number of urea groups is 1. The van der Waals surface area contributed by atoms with Crippen molar-refractivity contribution in [2.24, 2.45) is 0 Å². The summed E-state index contributed by atoms with van der Waals surface area (Å²) in [5.41, 5.74) is 1.87. The van der Waals surface area contributed by atoms with Crippen LogP contribution in [-0.2, 0) is 5.41 Å². The quantitative estimate of drug-likeness (QED) is 0.637. The highest BCUT2D eigenvalue weighted by atomic mass is 35.5. The van der Waals surface area contributed by atoms with Gasteiger partial charge < -0.3 is 29.7 Å². The standard InChI is InChI=1S/C25H32ClN3O4/c1-29-12-11-25(16-5-7-21(32-3)22(13-16)33-4)10-9-18(15-23(25)29)27-24(30)28-19-14-17(26)6-8-20(19)31-2/h5-8,13-14,18,23H,9-12,15H2,1-4H3,(H2,27,28,30)/t18-,23+,25+/m1/s1. The zero-order valence-electron chi connectivity index (χ0n) is 19.6. The molecule has 0 spiro atoms. The van der Waals surface area contributed by atoms with Gasteiger partial charge in [-0.3, -0.25) is 0 Å². The summed E-state index contributed by atoms with van der Waals surface area (Å²) in [7, 11) is 7.07. The summed E-state index contributed by atoms with van der Waals surface area (Å²) in [6, 6.07) is 11.6. The van der Waals surface area contributed by atoms with E-state index >= 15 is 0 Å². The van der Waals surface area contributed by atoms with Gasteiger partial charge in [-0.05, 0) is 75.2 Å². The first-order valence-corrected chi connectivity index (χ1v) is 11.6. The Morgan fingerprint density at radius 1 is 1.03 bits per heavy atom. The number of nitrogens with zero attached hydrogens (tertiary/aromatic N) is 1. The number of likely N-dealkylation sites (tertiary alicyclic amines) is 1. The second kappa shape index (κ2) is 9.69. The van der Waals surface area contributed by atoms with Crippen LogP contribution in [0.5, 0.6) is 17.2 Å². The van der Waals surface area contributed by atoms with Crippen LogP contribution in [0.25, 0.3) is 0 Å². The molecule has 2 aliphatic rings. The number of amides is 2. The molecule has 2 fully saturated rings. The molecule has 8 heteroatoms. The third-order valence-electron chi connectivity index (χ3n) is 7.23. The predicted octanol–water partition coefficient (Wildman–Crippen LogP) is 4.68. The smallest absolute Gasteiger partial charge is 0.319 e. The molecule has 0 aromatic heterocycles. The first-order valence-electron chi connectivity index (χ1n) is 11.2. The Balaban J connectivity index is 1.48. The van der Waals surface area contributed by atoms with Crippen molar-refractivity contribution < 1.29 is 19.0 Å². The van der Waals surface area contributed by atoms with E-state index in [9.17, 15) is 4.79 Å². The van der Waals surface area contributed by atoms with E-state index in [4.69, 9.17) is 25.8 Å². The molecular weight excluding hydrogens is 442 g/mol. The minimum absolute atomic E-state index is 0.0408.